The fourth-order valence-corrected chi connectivity index (χ4v) is 1.76. The summed E-state index contributed by atoms with van der Waals surface area (Å²) in [5.41, 5.74) is 2.42. The van der Waals surface area contributed by atoms with E-state index in [0.717, 1.165) is 18.7 Å². The minimum atomic E-state index is 1.10. The number of piperidine rings is 1. The zero-order chi connectivity index (χ0) is 9.10. The van der Waals surface area contributed by atoms with Crippen molar-refractivity contribution in [2.24, 2.45) is 0 Å². The SMILES string of the molecule is [CH2]c1cccc(N2CC[CH]CC2)c1. The fourth-order valence-electron chi connectivity index (χ4n) is 1.76. The van der Waals surface area contributed by atoms with E-state index in [0.29, 0.717) is 0 Å². The van der Waals surface area contributed by atoms with E-state index in [1.165, 1.54) is 18.5 Å². The molecule has 0 unspecified atom stereocenters. The summed E-state index contributed by atoms with van der Waals surface area (Å²) in [6, 6.07) is 8.45. The molecule has 1 saturated heterocycles. The van der Waals surface area contributed by atoms with E-state index in [1.807, 2.05) is 6.07 Å². The van der Waals surface area contributed by atoms with Gasteiger partial charge >= 0.3 is 0 Å². The molecule has 13 heavy (non-hydrogen) atoms. The van der Waals surface area contributed by atoms with E-state index in [9.17, 15) is 0 Å². The van der Waals surface area contributed by atoms with Crippen molar-refractivity contribution in [1.29, 1.82) is 0 Å². The van der Waals surface area contributed by atoms with Gasteiger partial charge < -0.3 is 4.90 Å². The van der Waals surface area contributed by atoms with Crippen LogP contribution in [0.15, 0.2) is 24.3 Å². The highest BCUT2D eigenvalue weighted by atomic mass is 15.1. The second kappa shape index (κ2) is 3.82. The number of nitrogens with zero attached hydrogens (tertiary/aromatic N) is 1. The number of rotatable bonds is 1. The molecule has 0 atom stereocenters. The van der Waals surface area contributed by atoms with Crippen LogP contribution in [0.3, 0.4) is 0 Å². The number of benzene rings is 1. The predicted octanol–water partition coefficient (Wildman–Crippen LogP) is 2.67. The van der Waals surface area contributed by atoms with E-state index in [2.05, 4.69) is 36.4 Å². The molecule has 1 fully saturated rings. The van der Waals surface area contributed by atoms with Gasteiger partial charge in [-0.2, -0.15) is 0 Å². The van der Waals surface area contributed by atoms with Crippen molar-refractivity contribution in [2.75, 3.05) is 18.0 Å². The average Bonchev–Trinajstić information content (AvgIpc) is 2.19. The zero-order valence-corrected chi connectivity index (χ0v) is 7.87. The molecule has 2 rings (SSSR count). The predicted molar refractivity (Wildman–Crippen MR) is 56.6 cm³/mol. The third kappa shape index (κ3) is 2.03. The molecule has 1 aromatic rings. The normalized spacial score (nSPS) is 17.5. The van der Waals surface area contributed by atoms with Crippen molar-refractivity contribution in [3.63, 3.8) is 0 Å². The lowest BCUT2D eigenvalue weighted by Gasteiger charge is -2.28. The Hall–Kier alpha value is -0.980. The lowest BCUT2D eigenvalue weighted by Crippen LogP contribution is -2.29. The summed E-state index contributed by atoms with van der Waals surface area (Å²) in [7, 11) is 0. The Kier molecular flexibility index (Phi) is 2.53. The quantitative estimate of drug-likeness (QED) is 0.631. The monoisotopic (exact) mass is 173 g/mol. The molecule has 1 aliphatic heterocycles. The van der Waals surface area contributed by atoms with Crippen LogP contribution in [0.4, 0.5) is 5.69 Å². The van der Waals surface area contributed by atoms with Crippen LogP contribution < -0.4 is 4.90 Å². The van der Waals surface area contributed by atoms with Crippen LogP contribution in [0.5, 0.6) is 0 Å². The molecular formula is C12H15N. The molecule has 1 aromatic carbocycles. The Morgan fingerprint density at radius 2 is 1.92 bits per heavy atom. The molecule has 0 amide bonds. The summed E-state index contributed by atoms with van der Waals surface area (Å²) >= 11 is 0. The second-order valence-electron chi connectivity index (χ2n) is 3.52. The Bertz CT molecular complexity index is 274. The summed E-state index contributed by atoms with van der Waals surface area (Å²) < 4.78 is 0. The van der Waals surface area contributed by atoms with Crippen LogP contribution in [0.1, 0.15) is 18.4 Å². The smallest absolute Gasteiger partial charge is 0.0368 e. The fraction of sp³-hybridized carbons (Fsp3) is 0.333. The van der Waals surface area contributed by atoms with Crippen LogP contribution in [0.25, 0.3) is 0 Å². The third-order valence-electron chi connectivity index (χ3n) is 2.48. The van der Waals surface area contributed by atoms with Gasteiger partial charge in [0.05, 0.1) is 0 Å². The maximum Gasteiger partial charge on any atom is 0.0368 e. The highest BCUT2D eigenvalue weighted by molar-refractivity contribution is 5.49. The molecule has 68 valence electrons. The van der Waals surface area contributed by atoms with E-state index in [4.69, 9.17) is 0 Å². The summed E-state index contributed by atoms with van der Waals surface area (Å²) in [4.78, 5) is 2.43. The third-order valence-corrected chi connectivity index (χ3v) is 2.48. The Balaban J connectivity index is 2.14. The van der Waals surface area contributed by atoms with Gasteiger partial charge in [0.1, 0.15) is 0 Å². The molecule has 0 aromatic heterocycles. The molecule has 1 nitrogen and oxygen atoms in total. The molecule has 1 heteroatoms. The van der Waals surface area contributed by atoms with Crippen molar-refractivity contribution < 1.29 is 0 Å². The van der Waals surface area contributed by atoms with Gasteiger partial charge in [-0.25, -0.2) is 0 Å². The maximum atomic E-state index is 3.94. The molecule has 0 bridgehead atoms. The highest BCUT2D eigenvalue weighted by Gasteiger charge is 2.10. The highest BCUT2D eigenvalue weighted by Crippen LogP contribution is 2.19. The number of hydrogen-bond donors (Lipinski definition) is 0. The van der Waals surface area contributed by atoms with Crippen molar-refractivity contribution in [1.82, 2.24) is 0 Å². The summed E-state index contributed by atoms with van der Waals surface area (Å²) in [5.74, 6) is 0. The molecule has 1 heterocycles. The first-order chi connectivity index (χ1) is 6.36. The summed E-state index contributed by atoms with van der Waals surface area (Å²) in [6.07, 6.45) is 4.79. The van der Waals surface area contributed by atoms with Crippen molar-refractivity contribution in [3.05, 3.63) is 43.2 Å². The van der Waals surface area contributed by atoms with Gasteiger partial charge in [0, 0.05) is 18.8 Å². The molecule has 0 spiro atoms. The first-order valence-corrected chi connectivity index (χ1v) is 4.85. The topological polar surface area (TPSA) is 3.24 Å². The Labute approximate surface area is 80.4 Å². The minimum absolute atomic E-state index is 1.10. The standard InChI is InChI=1S/C12H15N/c1-11-6-5-7-12(10-11)13-8-3-2-4-9-13/h2,5-7,10H,1,3-4,8-9H2. The summed E-state index contributed by atoms with van der Waals surface area (Å²) in [5, 5.41) is 0. The van der Waals surface area contributed by atoms with Gasteiger partial charge in [-0.15, -0.1) is 0 Å². The first kappa shape index (κ1) is 8.61. The molecule has 1 aliphatic rings. The lowest BCUT2D eigenvalue weighted by molar-refractivity contribution is 0.679. The van der Waals surface area contributed by atoms with E-state index in [1.54, 1.807) is 0 Å². The van der Waals surface area contributed by atoms with E-state index < -0.39 is 0 Å². The van der Waals surface area contributed by atoms with E-state index in [-0.39, 0.29) is 0 Å². The summed E-state index contributed by atoms with van der Waals surface area (Å²) in [6.45, 7) is 6.25. The van der Waals surface area contributed by atoms with Crippen LogP contribution in [-0.2, 0) is 0 Å². The van der Waals surface area contributed by atoms with Gasteiger partial charge in [-0.1, -0.05) is 12.1 Å². The minimum Gasteiger partial charge on any atom is -0.372 e. The molecule has 0 saturated carbocycles. The van der Waals surface area contributed by atoms with Crippen LogP contribution in [-0.4, -0.2) is 13.1 Å². The first-order valence-electron chi connectivity index (χ1n) is 4.85. The van der Waals surface area contributed by atoms with Gasteiger partial charge in [-0.3, -0.25) is 0 Å². The Morgan fingerprint density at radius 3 is 2.62 bits per heavy atom. The van der Waals surface area contributed by atoms with Gasteiger partial charge in [0.25, 0.3) is 0 Å². The molecular weight excluding hydrogens is 158 g/mol. The van der Waals surface area contributed by atoms with Crippen molar-refractivity contribution in [2.45, 2.75) is 12.8 Å². The Morgan fingerprint density at radius 1 is 1.15 bits per heavy atom. The number of anilines is 1. The zero-order valence-electron chi connectivity index (χ0n) is 7.87. The van der Waals surface area contributed by atoms with Gasteiger partial charge in [0.2, 0.25) is 0 Å². The van der Waals surface area contributed by atoms with Gasteiger partial charge in [-0.05, 0) is 43.9 Å². The van der Waals surface area contributed by atoms with Crippen LogP contribution in [0, 0.1) is 13.3 Å². The van der Waals surface area contributed by atoms with Crippen LogP contribution in [0.2, 0.25) is 0 Å². The largest absolute Gasteiger partial charge is 0.372 e. The lowest BCUT2D eigenvalue weighted by atomic mass is 10.1. The molecule has 2 radical (unpaired) electrons. The van der Waals surface area contributed by atoms with Crippen molar-refractivity contribution in [3.8, 4) is 0 Å². The van der Waals surface area contributed by atoms with E-state index >= 15 is 0 Å². The van der Waals surface area contributed by atoms with Gasteiger partial charge in [0.15, 0.2) is 0 Å². The van der Waals surface area contributed by atoms with Crippen molar-refractivity contribution >= 4 is 5.69 Å². The second-order valence-corrected chi connectivity index (χ2v) is 3.52. The maximum absolute atomic E-state index is 3.94. The average molecular weight is 173 g/mol. The molecule has 0 N–H and O–H groups in total. The van der Waals surface area contributed by atoms with Crippen LogP contribution >= 0.6 is 0 Å². The molecule has 0 aliphatic carbocycles. The number of hydrogen-bond acceptors (Lipinski definition) is 1.